The van der Waals surface area contributed by atoms with Gasteiger partial charge in [-0.1, -0.05) is 38.1 Å². The fraction of sp³-hybridized carbons (Fsp3) is 0.446. The first-order valence-electron chi connectivity index (χ1n) is 43.8. The van der Waals surface area contributed by atoms with Gasteiger partial charge in [0.2, 0.25) is 5.91 Å². The van der Waals surface area contributed by atoms with Gasteiger partial charge >= 0.3 is 0 Å². The number of nitrogens with zero attached hydrogens (tertiary/aromatic N) is 8. The van der Waals surface area contributed by atoms with Gasteiger partial charge in [-0.05, 0) is 238 Å². The van der Waals surface area contributed by atoms with E-state index < -0.39 is 23.7 Å². The Morgan fingerprint density at radius 1 is 0.567 bits per heavy atom. The maximum Gasteiger partial charge on any atom is 0.259 e. The van der Waals surface area contributed by atoms with E-state index in [2.05, 4.69) is 108 Å². The van der Waals surface area contributed by atoms with Gasteiger partial charge in [0.15, 0.2) is 46.0 Å². The van der Waals surface area contributed by atoms with E-state index in [0.29, 0.717) is 70.2 Å². The number of nitrogens with one attached hydrogen (secondary N) is 3. The fourth-order valence-corrected chi connectivity index (χ4v) is 17.6. The number of aromatic nitrogens is 4. The molecule has 0 radical (unpaired) electrons. The number of amides is 1. The van der Waals surface area contributed by atoms with Gasteiger partial charge < -0.3 is 93.7 Å². The van der Waals surface area contributed by atoms with E-state index in [1.165, 1.54) is 24.6 Å². The molecule has 680 valence electrons. The highest BCUT2D eigenvalue weighted by atomic mass is 16.5. The number of likely N-dealkylation sites (N-methyl/N-ethyl adjacent to an activating group) is 1. The molecule has 12 heterocycles. The van der Waals surface area contributed by atoms with E-state index in [0.717, 1.165) is 207 Å². The van der Waals surface area contributed by atoms with Gasteiger partial charge in [-0.25, -0.2) is 6.57 Å². The average Bonchev–Trinajstić information content (AvgIpc) is 0.749. The van der Waals surface area contributed by atoms with Gasteiger partial charge in [-0.2, -0.15) is 0 Å². The number of nitrogens with two attached hydrogens (primary N) is 1. The van der Waals surface area contributed by atoms with Gasteiger partial charge in [0.05, 0.1) is 119 Å². The number of carbonyl (C=O) groups excluding carboxylic acids is 1. The van der Waals surface area contributed by atoms with Crippen molar-refractivity contribution in [2.24, 2.45) is 35.3 Å². The van der Waals surface area contributed by atoms with Crippen LogP contribution in [0.1, 0.15) is 108 Å². The Balaban J connectivity index is 0.000000164. The smallest absolute Gasteiger partial charge is 0.259 e. The molecular weight excluding hydrogens is 1610 g/mol. The van der Waals surface area contributed by atoms with Crippen molar-refractivity contribution in [3.05, 3.63) is 240 Å². The molecule has 8 fully saturated rings. The van der Waals surface area contributed by atoms with Crippen LogP contribution in [-0.4, -0.2) is 233 Å². The highest BCUT2D eigenvalue weighted by Crippen LogP contribution is 2.46. The Morgan fingerprint density at radius 3 is 1.47 bits per heavy atom. The molecule has 0 saturated carbocycles. The number of methoxy groups -OCH3 is 10. The van der Waals surface area contributed by atoms with Crippen molar-refractivity contribution in [3.63, 3.8) is 0 Å². The van der Waals surface area contributed by atoms with E-state index in [9.17, 15) is 15.0 Å². The Bertz CT molecular complexity index is 5000. The summed E-state index contributed by atoms with van der Waals surface area (Å²) in [6.07, 6.45) is 19.4. The lowest BCUT2D eigenvalue weighted by atomic mass is 9.73. The number of ether oxygens (including phenoxy) is 11. The summed E-state index contributed by atoms with van der Waals surface area (Å²) < 4.78 is 58.8. The number of morpholine rings is 1. The SMILES string of the molecule is C1CNCCN1.C1COCCN1.C=C[C@H]1CN2CCC1C[C@@H]2[C@@H](O)c1ccnc2ccc(OC)cc12.C=C[C@H]1CN2CCC1C[C@H]2[C@H](O)c1ccnc2ccc(OC)cc12.COc1ccc(Cc2nccc3cc(OC)c(OC)cc23)cc1OC.NC(=O)c1cccnc1.[C-]#[N+]C(CCCN(C)CCc1ccc(OC)c(OC)c1)(c1ccc(OC)c(OC)c1)C(C)C. The van der Waals surface area contributed by atoms with Crippen molar-refractivity contribution >= 4 is 38.5 Å². The summed E-state index contributed by atoms with van der Waals surface area (Å²) >= 11 is 0. The number of hydrogen-bond acceptors (Lipinski definition) is 24. The molecule has 8 aliphatic rings. The number of piperazine rings is 1. The molecule has 26 nitrogen and oxygen atoms in total. The van der Waals surface area contributed by atoms with Crippen LogP contribution in [0.3, 0.4) is 0 Å². The molecule has 11 atom stereocenters. The Labute approximate surface area is 750 Å². The summed E-state index contributed by atoms with van der Waals surface area (Å²) in [5.41, 5.74) is 12.7. The summed E-state index contributed by atoms with van der Waals surface area (Å²) in [6, 6.07) is 42.9. The largest absolute Gasteiger partial charge is 0.497 e. The minimum Gasteiger partial charge on any atom is -0.497 e. The Hall–Kier alpha value is -11.2. The van der Waals surface area contributed by atoms with E-state index in [-0.39, 0.29) is 18.0 Å². The molecule has 18 rings (SSSR count). The normalized spacial score (nSPS) is 19.7. The molecule has 1 amide bonds. The van der Waals surface area contributed by atoms with E-state index in [1.807, 2.05) is 121 Å². The standard InChI is InChI=1S/C27H38N2O4.2C20H24N2O2.C20H21NO4.C6H6N2O.C4H10N2.C4H9NO/c1-20(2)27(28-3,22-11-13-24(31-6)26(19-22)33-8)15-9-16-29(4)17-14-21-10-12-23(30-5)25(18-21)32-7;2*1-3-13-12-22-9-7-14(13)10-19(22)20(23)16-6-8-21-18-5-4-15(24-2)11-17(16)18;1-22-17-6-5-13(10-18(17)23-2)9-16-15-12-20(25-4)19(24-3)11-14(15)7-8-21-16;7-6(9)5-2-1-3-8-4-5;1-2-6-4-3-5-1;1-3-6-4-2-5-1/h10-13,18-20H,9,14-17H2,1-2,4-8H3;2*3-6,8,11,13-14,19-20,23H,1,7,9-10,12H2,2H3;5-8,10-12H,9H2,1-4H3;1-4H,(H2,7,9);5-6H,1-4H2;5H,1-4H2/t;13-,14?,19+,20-;13-,14?,19-,20+;;;;/m.00..../s1. The molecule has 0 aliphatic carbocycles. The van der Waals surface area contributed by atoms with E-state index in [1.54, 1.807) is 102 Å². The third-order valence-corrected chi connectivity index (χ3v) is 24.9. The fourth-order valence-electron chi connectivity index (χ4n) is 17.6. The summed E-state index contributed by atoms with van der Waals surface area (Å²) in [6.45, 7) is 34.7. The summed E-state index contributed by atoms with van der Waals surface area (Å²) in [7, 11) is 18.5. The third-order valence-electron chi connectivity index (χ3n) is 24.9. The van der Waals surface area contributed by atoms with Crippen molar-refractivity contribution in [1.29, 1.82) is 0 Å². The molecule has 8 aliphatic heterocycles. The van der Waals surface area contributed by atoms with Crippen LogP contribution in [0.2, 0.25) is 0 Å². The van der Waals surface area contributed by atoms with Crippen LogP contribution in [0.15, 0.2) is 190 Å². The van der Waals surface area contributed by atoms with Gasteiger partial charge in [-0.3, -0.25) is 34.5 Å². The predicted octanol–water partition coefficient (Wildman–Crippen LogP) is 14.6. The van der Waals surface area contributed by atoms with Crippen molar-refractivity contribution in [2.45, 2.75) is 95.0 Å². The number of piperidine rings is 6. The molecule has 5 unspecified atom stereocenters. The number of hydrogen-bond donors (Lipinski definition) is 6. The monoisotopic (exact) mass is 1740 g/mol. The van der Waals surface area contributed by atoms with Crippen molar-refractivity contribution in [2.75, 3.05) is 170 Å². The quantitative estimate of drug-likeness (QED) is 0.0196. The summed E-state index contributed by atoms with van der Waals surface area (Å²) in [4.78, 5) is 38.8. The first-order valence-corrected chi connectivity index (χ1v) is 43.8. The molecule has 4 bridgehead atoms. The zero-order valence-corrected chi connectivity index (χ0v) is 76.4. The molecule has 7 N–H and O–H groups in total. The minimum absolute atomic E-state index is 0.171. The minimum atomic E-state index is -0.594. The lowest BCUT2D eigenvalue weighted by molar-refractivity contribution is -0.0445. The Kier molecular flexibility index (Phi) is 38.4. The van der Waals surface area contributed by atoms with Crippen LogP contribution < -0.4 is 69.1 Å². The molecule has 26 heteroatoms. The second-order valence-electron chi connectivity index (χ2n) is 32.6. The molecule has 6 aromatic carbocycles. The molecule has 127 heavy (non-hydrogen) atoms. The number of rotatable bonds is 28. The number of benzene rings is 6. The lowest BCUT2D eigenvalue weighted by Gasteiger charge is -2.50. The summed E-state index contributed by atoms with van der Waals surface area (Å²) in [5.74, 6) is 9.40. The van der Waals surface area contributed by atoms with Crippen LogP contribution in [0.4, 0.5) is 0 Å². The Morgan fingerprint density at radius 2 is 1.05 bits per heavy atom. The van der Waals surface area contributed by atoms with Gasteiger partial charge in [-0.15, -0.1) is 13.2 Å². The molecule has 8 saturated heterocycles. The topological polar surface area (TPSA) is 287 Å². The van der Waals surface area contributed by atoms with Gasteiger partial charge in [0.1, 0.15) is 11.5 Å². The predicted molar refractivity (Wildman–Crippen MR) is 502 cm³/mol. The number of carbonyl (C=O) groups is 1. The second kappa shape index (κ2) is 49.8. The van der Waals surface area contributed by atoms with Gasteiger partial charge in [0, 0.05) is 142 Å². The number of aliphatic hydroxyl groups excluding tert-OH is 2. The maximum atomic E-state index is 11.2. The van der Waals surface area contributed by atoms with Crippen LogP contribution in [0, 0.1) is 36.2 Å². The highest BCUT2D eigenvalue weighted by Gasteiger charge is 2.45. The first-order chi connectivity index (χ1) is 61.8. The number of aliphatic hydroxyl groups is 2. The van der Waals surface area contributed by atoms with Crippen LogP contribution in [0.5, 0.6) is 57.5 Å². The molecule has 0 spiro atoms. The average molecular weight is 1740 g/mol. The van der Waals surface area contributed by atoms with Crippen molar-refractivity contribution < 1.29 is 67.1 Å². The lowest BCUT2D eigenvalue weighted by Crippen LogP contribution is -2.54. The molecule has 4 aromatic heterocycles. The van der Waals surface area contributed by atoms with Crippen molar-refractivity contribution in [1.82, 2.24) is 50.6 Å². The first kappa shape index (κ1) is 98.0. The van der Waals surface area contributed by atoms with E-state index >= 15 is 0 Å². The van der Waals surface area contributed by atoms with Gasteiger partial charge in [0.25, 0.3) is 5.54 Å². The van der Waals surface area contributed by atoms with Crippen LogP contribution in [0.25, 0.3) is 37.4 Å². The number of primary amides is 1. The van der Waals surface area contributed by atoms with Crippen LogP contribution >= 0.6 is 0 Å². The number of pyridine rings is 4. The van der Waals surface area contributed by atoms with Crippen molar-refractivity contribution in [3.8, 4) is 57.5 Å². The van der Waals surface area contributed by atoms with E-state index in [4.69, 9.17) is 64.4 Å². The summed E-state index contributed by atoms with van der Waals surface area (Å²) in [5, 5.41) is 36.0. The number of fused-ring (bicyclic) bond motifs is 9. The third kappa shape index (κ3) is 26.0. The zero-order valence-electron chi connectivity index (χ0n) is 76.4. The highest BCUT2D eigenvalue weighted by molar-refractivity contribution is 5.92. The zero-order chi connectivity index (χ0) is 90.8. The van der Waals surface area contributed by atoms with Crippen LogP contribution in [-0.2, 0) is 23.1 Å². The second-order valence-corrected chi connectivity index (χ2v) is 32.6. The molecular formula is C101H132N12O14. The maximum absolute atomic E-state index is 11.2. The molecule has 10 aromatic rings.